The van der Waals surface area contributed by atoms with Crippen LogP contribution in [-0.2, 0) is 4.79 Å². The van der Waals surface area contributed by atoms with E-state index >= 15 is 0 Å². The van der Waals surface area contributed by atoms with Crippen molar-refractivity contribution in [2.45, 2.75) is 51.6 Å². The summed E-state index contributed by atoms with van der Waals surface area (Å²) < 4.78 is 0. The van der Waals surface area contributed by atoms with Crippen molar-refractivity contribution >= 4 is 5.78 Å². The van der Waals surface area contributed by atoms with Crippen molar-refractivity contribution in [3.63, 3.8) is 0 Å². The van der Waals surface area contributed by atoms with Gasteiger partial charge >= 0.3 is 0 Å². The molecule has 0 aromatic heterocycles. The van der Waals surface area contributed by atoms with Gasteiger partial charge in [0, 0.05) is 18.3 Å². The standard InChI is InChI=1S/C14H20O2/c1-14-7-6-9-8-10(15)2-3-11(9)12(14)4-5-13(14)16/h6,11-13,16H,2-5,7-8H2,1H3/t11-,12+,13+,14+/m0/s1. The number of fused-ring (bicyclic) bond motifs is 3. The summed E-state index contributed by atoms with van der Waals surface area (Å²) in [5, 5.41) is 10.1. The molecule has 2 fully saturated rings. The van der Waals surface area contributed by atoms with Crippen molar-refractivity contribution in [3.05, 3.63) is 11.6 Å². The molecule has 0 radical (unpaired) electrons. The lowest BCUT2D eigenvalue weighted by atomic mass is 9.60. The summed E-state index contributed by atoms with van der Waals surface area (Å²) in [4.78, 5) is 11.5. The topological polar surface area (TPSA) is 37.3 Å². The molecule has 4 atom stereocenters. The summed E-state index contributed by atoms with van der Waals surface area (Å²) in [5.74, 6) is 1.62. The Morgan fingerprint density at radius 1 is 1.38 bits per heavy atom. The van der Waals surface area contributed by atoms with E-state index in [1.165, 1.54) is 5.57 Å². The molecule has 2 saturated carbocycles. The molecule has 16 heavy (non-hydrogen) atoms. The highest BCUT2D eigenvalue weighted by Gasteiger charge is 2.51. The summed E-state index contributed by atoms with van der Waals surface area (Å²) >= 11 is 0. The Morgan fingerprint density at radius 3 is 3.00 bits per heavy atom. The zero-order valence-corrected chi connectivity index (χ0v) is 9.91. The largest absolute Gasteiger partial charge is 0.393 e. The van der Waals surface area contributed by atoms with Gasteiger partial charge in [-0.15, -0.1) is 0 Å². The summed E-state index contributed by atoms with van der Waals surface area (Å²) in [7, 11) is 0. The van der Waals surface area contributed by atoms with Crippen molar-refractivity contribution in [2.24, 2.45) is 17.3 Å². The number of carbonyl (C=O) groups excluding carboxylic acids is 1. The quantitative estimate of drug-likeness (QED) is 0.637. The maximum absolute atomic E-state index is 11.5. The van der Waals surface area contributed by atoms with Crippen LogP contribution in [0.1, 0.15) is 45.4 Å². The van der Waals surface area contributed by atoms with Crippen LogP contribution in [0.4, 0.5) is 0 Å². The minimum atomic E-state index is -0.132. The first-order chi connectivity index (χ1) is 7.61. The molecule has 3 rings (SSSR count). The highest BCUT2D eigenvalue weighted by molar-refractivity contribution is 5.82. The van der Waals surface area contributed by atoms with Gasteiger partial charge < -0.3 is 5.11 Å². The SMILES string of the molecule is C[C@@]12CC=C3CC(=O)CC[C@@H]3[C@H]1CC[C@H]2O. The third-order valence-corrected chi connectivity index (χ3v) is 5.26. The van der Waals surface area contributed by atoms with Crippen LogP contribution < -0.4 is 0 Å². The zero-order valence-electron chi connectivity index (χ0n) is 9.91. The summed E-state index contributed by atoms with van der Waals surface area (Å²) in [6.45, 7) is 2.24. The predicted octanol–water partition coefficient (Wildman–Crippen LogP) is 2.46. The average Bonchev–Trinajstić information content (AvgIpc) is 2.56. The predicted molar refractivity (Wildman–Crippen MR) is 61.9 cm³/mol. The van der Waals surface area contributed by atoms with Gasteiger partial charge in [-0.3, -0.25) is 4.79 Å². The van der Waals surface area contributed by atoms with Crippen LogP contribution in [0.15, 0.2) is 11.6 Å². The van der Waals surface area contributed by atoms with Gasteiger partial charge in [-0.05, 0) is 37.5 Å². The lowest BCUT2D eigenvalue weighted by Gasteiger charge is -2.44. The Balaban J connectivity index is 1.93. The van der Waals surface area contributed by atoms with Gasteiger partial charge in [0.1, 0.15) is 5.78 Å². The molecule has 0 aromatic carbocycles. The van der Waals surface area contributed by atoms with Gasteiger partial charge in [-0.1, -0.05) is 18.6 Å². The van der Waals surface area contributed by atoms with Crippen LogP contribution >= 0.6 is 0 Å². The second kappa shape index (κ2) is 3.43. The number of hydrogen-bond acceptors (Lipinski definition) is 2. The van der Waals surface area contributed by atoms with E-state index in [0.717, 1.165) is 32.1 Å². The molecule has 0 heterocycles. The molecular weight excluding hydrogens is 200 g/mol. The lowest BCUT2D eigenvalue weighted by molar-refractivity contribution is -0.120. The number of rotatable bonds is 0. The highest BCUT2D eigenvalue weighted by atomic mass is 16.3. The van der Waals surface area contributed by atoms with Gasteiger partial charge in [-0.2, -0.15) is 0 Å². The van der Waals surface area contributed by atoms with E-state index in [9.17, 15) is 9.90 Å². The Morgan fingerprint density at radius 2 is 2.19 bits per heavy atom. The average molecular weight is 220 g/mol. The minimum Gasteiger partial charge on any atom is -0.393 e. The van der Waals surface area contributed by atoms with Crippen molar-refractivity contribution in [3.8, 4) is 0 Å². The second-order valence-corrected chi connectivity index (χ2v) is 6.05. The molecule has 2 heteroatoms. The molecule has 88 valence electrons. The number of hydrogen-bond donors (Lipinski definition) is 1. The molecule has 1 N–H and O–H groups in total. The first-order valence-corrected chi connectivity index (χ1v) is 6.50. The normalized spacial score (nSPS) is 47.2. The molecule has 0 amide bonds. The van der Waals surface area contributed by atoms with Crippen molar-refractivity contribution in [1.82, 2.24) is 0 Å². The molecular formula is C14H20O2. The maximum Gasteiger partial charge on any atom is 0.136 e. The van der Waals surface area contributed by atoms with Crippen LogP contribution in [0.2, 0.25) is 0 Å². The smallest absolute Gasteiger partial charge is 0.136 e. The molecule has 2 nitrogen and oxygen atoms in total. The number of aliphatic hydroxyl groups excluding tert-OH is 1. The minimum absolute atomic E-state index is 0.0918. The highest BCUT2D eigenvalue weighted by Crippen LogP contribution is 2.56. The van der Waals surface area contributed by atoms with Crippen LogP contribution in [0.5, 0.6) is 0 Å². The molecule has 0 unspecified atom stereocenters. The molecule has 0 aliphatic heterocycles. The van der Waals surface area contributed by atoms with Crippen molar-refractivity contribution < 1.29 is 9.90 Å². The Kier molecular flexibility index (Phi) is 2.25. The monoisotopic (exact) mass is 220 g/mol. The first-order valence-electron chi connectivity index (χ1n) is 6.50. The van der Waals surface area contributed by atoms with Crippen molar-refractivity contribution in [2.75, 3.05) is 0 Å². The fourth-order valence-corrected chi connectivity index (χ4v) is 4.18. The van der Waals surface area contributed by atoms with E-state index in [-0.39, 0.29) is 11.5 Å². The molecule has 3 aliphatic rings. The number of carbonyl (C=O) groups is 1. The summed E-state index contributed by atoms with van der Waals surface area (Å²) in [6, 6.07) is 0. The Bertz CT molecular complexity index is 358. The van der Waals surface area contributed by atoms with Crippen LogP contribution in [0.25, 0.3) is 0 Å². The number of ketones is 1. The van der Waals surface area contributed by atoms with E-state index in [1.54, 1.807) is 0 Å². The van der Waals surface area contributed by atoms with E-state index in [2.05, 4.69) is 13.0 Å². The zero-order chi connectivity index (χ0) is 11.3. The number of aliphatic hydroxyl groups is 1. The maximum atomic E-state index is 11.5. The number of allylic oxidation sites excluding steroid dienone is 2. The van der Waals surface area contributed by atoms with Gasteiger partial charge in [0.2, 0.25) is 0 Å². The molecule has 0 spiro atoms. The third kappa shape index (κ3) is 1.32. The van der Waals surface area contributed by atoms with Crippen LogP contribution in [0, 0.1) is 17.3 Å². The summed E-state index contributed by atoms with van der Waals surface area (Å²) in [5.41, 5.74) is 1.47. The van der Waals surface area contributed by atoms with Gasteiger partial charge in [-0.25, -0.2) is 0 Å². The second-order valence-electron chi connectivity index (χ2n) is 6.05. The molecule has 0 aromatic rings. The van der Waals surface area contributed by atoms with Gasteiger partial charge in [0.15, 0.2) is 0 Å². The van der Waals surface area contributed by atoms with E-state index in [0.29, 0.717) is 24.0 Å². The fourth-order valence-electron chi connectivity index (χ4n) is 4.18. The third-order valence-electron chi connectivity index (χ3n) is 5.26. The van der Waals surface area contributed by atoms with Crippen LogP contribution in [0.3, 0.4) is 0 Å². The molecule has 0 saturated heterocycles. The van der Waals surface area contributed by atoms with Crippen LogP contribution in [-0.4, -0.2) is 17.0 Å². The molecule has 3 aliphatic carbocycles. The van der Waals surface area contributed by atoms with Gasteiger partial charge in [0.25, 0.3) is 0 Å². The fraction of sp³-hybridized carbons (Fsp3) is 0.786. The Labute approximate surface area is 96.7 Å². The number of Topliss-reactive ketones (excluding diaryl/α,β-unsaturated/α-hetero) is 1. The van der Waals surface area contributed by atoms with Crippen molar-refractivity contribution in [1.29, 1.82) is 0 Å². The lowest BCUT2D eigenvalue weighted by Crippen LogP contribution is -2.40. The Hall–Kier alpha value is -0.630. The van der Waals surface area contributed by atoms with E-state index in [4.69, 9.17) is 0 Å². The summed E-state index contributed by atoms with van der Waals surface area (Å²) in [6.07, 6.45) is 7.66. The first kappa shape index (κ1) is 10.5. The van der Waals surface area contributed by atoms with Gasteiger partial charge in [0.05, 0.1) is 6.10 Å². The molecule has 0 bridgehead atoms. The van der Waals surface area contributed by atoms with E-state index in [1.807, 2.05) is 0 Å². The van der Waals surface area contributed by atoms with E-state index < -0.39 is 0 Å².